The summed E-state index contributed by atoms with van der Waals surface area (Å²) in [6.45, 7) is 1.75. The van der Waals surface area contributed by atoms with E-state index < -0.39 is 27.7 Å². The summed E-state index contributed by atoms with van der Waals surface area (Å²) >= 11 is 0. The number of amides is 1. The molecule has 142 valence electrons. The largest absolute Gasteiger partial charge is 0.481 e. The van der Waals surface area contributed by atoms with Crippen LogP contribution in [0.1, 0.15) is 12.0 Å². The maximum atomic E-state index is 13.8. The molecule has 9 heteroatoms. The lowest BCUT2D eigenvalue weighted by molar-refractivity contribution is -0.141. The van der Waals surface area contributed by atoms with E-state index in [0.29, 0.717) is 11.3 Å². The van der Waals surface area contributed by atoms with Crippen LogP contribution in [0, 0.1) is 18.7 Å². The Labute approximate surface area is 155 Å². The first-order valence-corrected chi connectivity index (χ1v) is 9.58. The molecule has 0 radical (unpaired) electrons. The van der Waals surface area contributed by atoms with Gasteiger partial charge in [0.05, 0.1) is 16.5 Å². The van der Waals surface area contributed by atoms with Gasteiger partial charge in [-0.25, -0.2) is 12.8 Å². The van der Waals surface area contributed by atoms with E-state index in [9.17, 15) is 22.4 Å². The van der Waals surface area contributed by atoms with E-state index in [2.05, 4.69) is 4.72 Å². The molecule has 1 amide bonds. The number of aliphatic carboxylic acids is 1. The molecule has 1 atom stereocenters. The number of carboxylic acids is 1. The smallest absolute Gasteiger partial charge is 0.308 e. The number of sulfonamides is 1. The highest BCUT2D eigenvalue weighted by Gasteiger charge is 2.35. The van der Waals surface area contributed by atoms with Gasteiger partial charge in [0.1, 0.15) is 5.82 Å². The molecule has 1 saturated heterocycles. The van der Waals surface area contributed by atoms with Gasteiger partial charge in [-0.1, -0.05) is 6.07 Å². The second-order valence-electron chi connectivity index (χ2n) is 6.33. The van der Waals surface area contributed by atoms with E-state index in [1.807, 2.05) is 0 Å². The van der Waals surface area contributed by atoms with Crippen LogP contribution in [0.2, 0.25) is 0 Å². The van der Waals surface area contributed by atoms with Crippen molar-refractivity contribution in [2.75, 3.05) is 16.2 Å². The summed E-state index contributed by atoms with van der Waals surface area (Å²) in [6.07, 6.45) is -0.0937. The second-order valence-corrected chi connectivity index (χ2v) is 8.01. The molecular weight excluding hydrogens is 375 g/mol. The van der Waals surface area contributed by atoms with Gasteiger partial charge in [0.15, 0.2) is 0 Å². The highest BCUT2D eigenvalue weighted by molar-refractivity contribution is 7.92. The predicted octanol–water partition coefficient (Wildman–Crippen LogP) is 2.37. The van der Waals surface area contributed by atoms with Crippen molar-refractivity contribution >= 4 is 33.3 Å². The van der Waals surface area contributed by atoms with Gasteiger partial charge in [-0.05, 0) is 48.9 Å². The fourth-order valence-electron chi connectivity index (χ4n) is 2.85. The second kappa shape index (κ2) is 6.99. The van der Waals surface area contributed by atoms with E-state index in [-0.39, 0.29) is 29.5 Å². The van der Waals surface area contributed by atoms with Gasteiger partial charge >= 0.3 is 5.97 Å². The molecule has 0 saturated carbocycles. The normalized spacial score (nSPS) is 17.2. The van der Waals surface area contributed by atoms with Crippen LogP contribution < -0.4 is 9.62 Å². The molecule has 0 bridgehead atoms. The number of aryl methyl sites for hydroxylation is 1. The third-order valence-corrected chi connectivity index (χ3v) is 5.68. The zero-order valence-corrected chi connectivity index (χ0v) is 15.2. The Morgan fingerprint density at radius 1 is 1.22 bits per heavy atom. The number of rotatable bonds is 5. The molecule has 0 spiro atoms. The van der Waals surface area contributed by atoms with Crippen molar-refractivity contribution in [2.24, 2.45) is 5.92 Å². The summed E-state index contributed by atoms with van der Waals surface area (Å²) < 4.78 is 40.9. The highest BCUT2D eigenvalue weighted by Crippen LogP contribution is 2.27. The minimum Gasteiger partial charge on any atom is -0.481 e. The van der Waals surface area contributed by atoms with Crippen molar-refractivity contribution in [3.05, 3.63) is 53.8 Å². The zero-order valence-electron chi connectivity index (χ0n) is 14.3. The van der Waals surface area contributed by atoms with Crippen LogP contribution in [0.25, 0.3) is 0 Å². The minimum absolute atomic E-state index is 0.0347. The molecule has 1 fully saturated rings. The van der Waals surface area contributed by atoms with E-state index in [1.165, 1.54) is 47.4 Å². The molecule has 2 N–H and O–H groups in total. The number of benzene rings is 2. The van der Waals surface area contributed by atoms with Gasteiger partial charge < -0.3 is 10.0 Å². The topological polar surface area (TPSA) is 104 Å². The number of hydrogen-bond donors (Lipinski definition) is 2. The van der Waals surface area contributed by atoms with Crippen molar-refractivity contribution in [1.82, 2.24) is 0 Å². The number of hydrogen-bond acceptors (Lipinski definition) is 4. The molecular formula is C18H17FN2O5S. The lowest BCUT2D eigenvalue weighted by atomic mass is 10.1. The van der Waals surface area contributed by atoms with Crippen molar-refractivity contribution in [1.29, 1.82) is 0 Å². The maximum absolute atomic E-state index is 13.8. The molecule has 27 heavy (non-hydrogen) atoms. The number of halogens is 1. The van der Waals surface area contributed by atoms with E-state index in [0.717, 1.165) is 0 Å². The van der Waals surface area contributed by atoms with Gasteiger partial charge in [0.2, 0.25) is 5.91 Å². The fourth-order valence-corrected chi connectivity index (χ4v) is 3.91. The molecule has 1 heterocycles. The highest BCUT2D eigenvalue weighted by atomic mass is 32.2. The Kier molecular flexibility index (Phi) is 4.88. The van der Waals surface area contributed by atoms with E-state index in [1.54, 1.807) is 6.92 Å². The van der Waals surface area contributed by atoms with Crippen LogP contribution in [-0.2, 0) is 19.6 Å². The molecule has 1 aliphatic rings. The molecule has 2 aromatic rings. The fraction of sp³-hybridized carbons (Fsp3) is 0.222. The standard InChI is InChI=1S/C18H17FN2O5S/c1-11-2-7-15(19)16(8-11)20-27(25,26)14-5-3-13(4-6-14)21-10-12(18(23)24)9-17(21)22/h2-8,12,20H,9-10H2,1H3,(H,23,24). The molecule has 3 rings (SSSR count). The van der Waals surface area contributed by atoms with Crippen LogP contribution in [0.5, 0.6) is 0 Å². The number of anilines is 2. The van der Waals surface area contributed by atoms with E-state index in [4.69, 9.17) is 5.11 Å². The third kappa shape index (κ3) is 3.92. The van der Waals surface area contributed by atoms with E-state index >= 15 is 0 Å². The van der Waals surface area contributed by atoms with Crippen molar-refractivity contribution in [3.8, 4) is 0 Å². The lowest BCUT2D eigenvalue weighted by Crippen LogP contribution is -2.25. The number of carbonyl (C=O) groups excluding carboxylic acids is 1. The number of nitrogens with one attached hydrogen (secondary N) is 1. The first kappa shape index (κ1) is 18.8. The molecule has 0 aliphatic carbocycles. The van der Waals surface area contributed by atoms with Gasteiger partial charge in [0.25, 0.3) is 10.0 Å². The number of carboxylic acid groups (broad SMARTS) is 1. The SMILES string of the molecule is Cc1ccc(F)c(NS(=O)(=O)c2ccc(N3CC(C(=O)O)CC3=O)cc2)c1. The van der Waals surface area contributed by atoms with Gasteiger partial charge in [-0.2, -0.15) is 0 Å². The average Bonchev–Trinajstić information content (AvgIpc) is 3.00. The first-order valence-electron chi connectivity index (χ1n) is 8.09. The zero-order chi connectivity index (χ0) is 19.8. The van der Waals surface area contributed by atoms with Gasteiger partial charge in [0, 0.05) is 18.7 Å². The Bertz CT molecular complexity index is 1000. The van der Waals surface area contributed by atoms with Crippen LogP contribution >= 0.6 is 0 Å². The first-order chi connectivity index (χ1) is 12.7. The summed E-state index contributed by atoms with van der Waals surface area (Å²) in [5.41, 5.74) is 0.951. The summed E-state index contributed by atoms with van der Waals surface area (Å²) in [6, 6.07) is 9.50. The number of carbonyl (C=O) groups is 2. The summed E-state index contributed by atoms with van der Waals surface area (Å²) in [5, 5.41) is 9.03. The maximum Gasteiger partial charge on any atom is 0.308 e. The van der Waals surface area contributed by atoms with Crippen molar-refractivity contribution < 1.29 is 27.5 Å². The van der Waals surface area contributed by atoms with Crippen molar-refractivity contribution in [3.63, 3.8) is 0 Å². The molecule has 0 aromatic heterocycles. The summed E-state index contributed by atoms with van der Waals surface area (Å²) in [5.74, 6) is -2.86. The van der Waals surface area contributed by atoms with Crippen LogP contribution in [0.3, 0.4) is 0 Å². The van der Waals surface area contributed by atoms with Crippen LogP contribution in [0.4, 0.5) is 15.8 Å². The molecule has 7 nitrogen and oxygen atoms in total. The molecule has 1 unspecified atom stereocenters. The molecule has 1 aliphatic heterocycles. The average molecular weight is 392 g/mol. The van der Waals surface area contributed by atoms with Gasteiger partial charge in [-0.15, -0.1) is 0 Å². The number of nitrogens with zero attached hydrogens (tertiary/aromatic N) is 1. The Balaban J connectivity index is 1.81. The minimum atomic E-state index is -4.02. The summed E-state index contributed by atoms with van der Waals surface area (Å²) in [4.78, 5) is 24.2. The van der Waals surface area contributed by atoms with Crippen LogP contribution in [0.15, 0.2) is 47.4 Å². The Hall–Kier alpha value is -2.94. The van der Waals surface area contributed by atoms with Crippen LogP contribution in [-0.4, -0.2) is 31.9 Å². The van der Waals surface area contributed by atoms with Gasteiger partial charge in [-0.3, -0.25) is 14.3 Å². The molecule has 2 aromatic carbocycles. The lowest BCUT2D eigenvalue weighted by Gasteiger charge is -2.17. The summed E-state index contributed by atoms with van der Waals surface area (Å²) in [7, 11) is -4.02. The van der Waals surface area contributed by atoms with Crippen molar-refractivity contribution in [2.45, 2.75) is 18.2 Å². The Morgan fingerprint density at radius 3 is 2.48 bits per heavy atom. The monoisotopic (exact) mass is 392 g/mol. The third-order valence-electron chi connectivity index (χ3n) is 4.30. The predicted molar refractivity (Wildman–Crippen MR) is 96.5 cm³/mol. The quantitative estimate of drug-likeness (QED) is 0.813. The Morgan fingerprint density at radius 2 is 1.89 bits per heavy atom.